The molecule has 0 spiro atoms. The molecule has 10 rings (SSSR count). The number of nitrogens with zero attached hydrogens (tertiary/aromatic N) is 10. The molecule has 2 aromatic carbocycles. The molecular weight excluding hydrogens is 957 g/mol. The Kier molecular flexibility index (Phi) is 16.4. The van der Waals surface area contributed by atoms with Crippen molar-refractivity contribution in [3.63, 3.8) is 0 Å². The Morgan fingerprint density at radius 1 is 0.566 bits per heavy atom. The topological polar surface area (TPSA) is 219 Å². The first kappa shape index (κ1) is 53.9. The van der Waals surface area contributed by atoms with Gasteiger partial charge in [0.15, 0.2) is 0 Å². The minimum atomic E-state index is -0.652. The van der Waals surface area contributed by atoms with Crippen LogP contribution in [0.15, 0.2) is 60.9 Å². The van der Waals surface area contributed by atoms with Crippen LogP contribution in [0.1, 0.15) is 137 Å². The molecular formula is C58H78N14O4. The van der Waals surface area contributed by atoms with Crippen LogP contribution in [-0.4, -0.2) is 126 Å². The molecule has 4 aliphatic rings. The summed E-state index contributed by atoms with van der Waals surface area (Å²) in [7, 11) is 4.34. The van der Waals surface area contributed by atoms with Crippen LogP contribution < -0.4 is 22.1 Å². The molecule has 18 nitrogen and oxygen atoms in total. The molecule has 4 aromatic heterocycles. The number of aromatic nitrogens is 6. The van der Waals surface area contributed by atoms with Gasteiger partial charge in [-0.1, -0.05) is 52.0 Å². The van der Waals surface area contributed by atoms with Crippen LogP contribution in [0.2, 0.25) is 0 Å². The van der Waals surface area contributed by atoms with Gasteiger partial charge in [0.1, 0.15) is 11.6 Å². The molecule has 4 amide bonds. The first-order chi connectivity index (χ1) is 36.5. The number of rotatable bonds is 8. The van der Waals surface area contributed by atoms with Crippen molar-refractivity contribution in [3.05, 3.63) is 94.6 Å². The molecule has 6 aromatic rings. The summed E-state index contributed by atoms with van der Waals surface area (Å²) in [5.74, 6) is -0.835. The molecule has 404 valence electrons. The van der Waals surface area contributed by atoms with Crippen molar-refractivity contribution in [1.82, 2.24) is 49.1 Å². The number of hydrogen-bond donors (Lipinski definition) is 4. The molecule has 4 fully saturated rings. The van der Waals surface area contributed by atoms with E-state index in [0.717, 1.165) is 122 Å². The summed E-state index contributed by atoms with van der Waals surface area (Å²) in [5, 5.41) is 17.8. The normalized spacial score (nSPS) is 21.1. The van der Waals surface area contributed by atoms with Crippen molar-refractivity contribution in [3.8, 4) is 0 Å². The quantitative estimate of drug-likeness (QED) is 0.106. The van der Waals surface area contributed by atoms with Gasteiger partial charge in [-0.2, -0.15) is 10.2 Å². The van der Waals surface area contributed by atoms with Gasteiger partial charge in [-0.15, -0.1) is 0 Å². The molecule has 1 unspecified atom stereocenters. The van der Waals surface area contributed by atoms with Gasteiger partial charge in [0.05, 0.1) is 59.0 Å². The van der Waals surface area contributed by atoms with Crippen LogP contribution in [0.4, 0.5) is 23.0 Å². The van der Waals surface area contributed by atoms with E-state index in [4.69, 9.17) is 21.7 Å². The van der Waals surface area contributed by atoms with Crippen molar-refractivity contribution in [2.45, 2.75) is 130 Å². The van der Waals surface area contributed by atoms with E-state index in [1.54, 1.807) is 21.9 Å². The summed E-state index contributed by atoms with van der Waals surface area (Å²) in [5.41, 5.74) is 20.8. The van der Waals surface area contributed by atoms with E-state index in [9.17, 15) is 19.2 Å². The van der Waals surface area contributed by atoms with Gasteiger partial charge in [0.2, 0.25) is 0 Å². The summed E-state index contributed by atoms with van der Waals surface area (Å²) in [6.45, 7) is 17.9. The number of nitrogens with two attached hydrogens (primary N) is 2. The van der Waals surface area contributed by atoms with Crippen LogP contribution in [0.3, 0.4) is 0 Å². The number of nitrogens with one attached hydrogen (secondary N) is 2. The molecule has 6 N–H and O–H groups in total. The van der Waals surface area contributed by atoms with Gasteiger partial charge < -0.3 is 41.7 Å². The van der Waals surface area contributed by atoms with Gasteiger partial charge in [0, 0.05) is 35.2 Å². The fraction of sp³-hybridized carbons (Fsp3) is 0.517. The Hall–Kier alpha value is -6.92. The van der Waals surface area contributed by atoms with Crippen LogP contribution in [0.25, 0.3) is 21.8 Å². The smallest absolute Gasteiger partial charge is 0.313 e. The van der Waals surface area contributed by atoms with E-state index in [-0.39, 0.29) is 12.1 Å². The van der Waals surface area contributed by atoms with Crippen molar-refractivity contribution in [2.24, 2.45) is 11.8 Å². The second kappa shape index (κ2) is 23.1. The lowest BCUT2D eigenvalue weighted by Gasteiger charge is -2.38. The number of likely N-dealkylation sites (tertiary alicyclic amines) is 4. The molecule has 76 heavy (non-hydrogen) atoms. The van der Waals surface area contributed by atoms with Gasteiger partial charge in [0.25, 0.3) is 0 Å². The van der Waals surface area contributed by atoms with Gasteiger partial charge in [-0.3, -0.25) is 28.5 Å². The number of piperidine rings is 4. The van der Waals surface area contributed by atoms with Crippen molar-refractivity contribution in [2.75, 3.05) is 75.5 Å². The lowest BCUT2D eigenvalue weighted by Crippen LogP contribution is -2.46. The number of carbonyl (C=O) groups is 4. The number of hydrogen-bond acceptors (Lipinski definition) is 12. The van der Waals surface area contributed by atoms with Gasteiger partial charge >= 0.3 is 23.6 Å². The SMILES string of the molecule is CCc1cc(NC(=O)C(=O)N2C[C@@H](C)CCC2c2ccc3c(C)n(C4CCN(C)CC4)nc3c2)cnc1N.CCc1cc(NC(=O)C(=O)N2C[C@@H](C)CC[C@@H]2c2ccc3c(C)n(C4CCN(C)CC4)nc3c2)cnc1N. The molecule has 0 radical (unpaired) electrons. The Morgan fingerprint density at radius 3 is 1.32 bits per heavy atom. The highest BCUT2D eigenvalue weighted by Gasteiger charge is 2.37. The van der Waals surface area contributed by atoms with E-state index >= 15 is 0 Å². The molecule has 4 atom stereocenters. The Bertz CT molecular complexity index is 2890. The van der Waals surface area contributed by atoms with E-state index in [0.29, 0.717) is 72.9 Å². The third kappa shape index (κ3) is 11.6. The second-order valence-corrected chi connectivity index (χ2v) is 22.1. The number of nitrogen functional groups attached to an aromatic ring is 2. The highest BCUT2D eigenvalue weighted by Crippen LogP contribution is 2.38. The molecule has 0 bridgehead atoms. The number of amides is 4. The van der Waals surface area contributed by atoms with Crippen LogP contribution in [0.5, 0.6) is 0 Å². The third-order valence-corrected chi connectivity index (χ3v) is 16.6. The molecule has 0 aliphatic carbocycles. The average molecular weight is 1040 g/mol. The maximum absolute atomic E-state index is 13.5. The minimum Gasteiger partial charge on any atom is -0.383 e. The average Bonchev–Trinajstić information content (AvgIpc) is 3.97. The molecule has 0 saturated carbocycles. The number of anilines is 4. The van der Waals surface area contributed by atoms with Crippen LogP contribution >= 0.6 is 0 Å². The highest BCUT2D eigenvalue weighted by molar-refractivity contribution is 6.40. The lowest BCUT2D eigenvalue weighted by atomic mass is 9.89. The van der Waals surface area contributed by atoms with E-state index in [2.05, 4.69) is 118 Å². The summed E-state index contributed by atoms with van der Waals surface area (Å²) >= 11 is 0. The summed E-state index contributed by atoms with van der Waals surface area (Å²) in [6, 6.07) is 16.7. The summed E-state index contributed by atoms with van der Waals surface area (Å²) < 4.78 is 4.40. The van der Waals surface area contributed by atoms with E-state index < -0.39 is 23.6 Å². The van der Waals surface area contributed by atoms with E-state index in [1.807, 2.05) is 13.8 Å². The first-order valence-electron chi connectivity index (χ1n) is 27.6. The number of fused-ring (bicyclic) bond motifs is 2. The molecule has 4 saturated heterocycles. The Balaban J connectivity index is 0.000000186. The number of carbonyl (C=O) groups excluding carboxylic acids is 4. The number of benzene rings is 2. The zero-order chi connectivity index (χ0) is 53.9. The third-order valence-electron chi connectivity index (χ3n) is 16.6. The fourth-order valence-electron chi connectivity index (χ4n) is 11.9. The maximum Gasteiger partial charge on any atom is 0.313 e. The zero-order valence-corrected chi connectivity index (χ0v) is 45.8. The standard InChI is InChI=1S/2C29H39N7O2/c2*1-5-20-14-22(16-31-27(20)30)32-28(37)29(38)35-17-18(2)6-9-26(35)21-7-8-24-19(3)36(33-25(24)15-21)23-10-12-34(4)13-11-23/h2*7-8,14-16,18,23,26H,5-6,9-13,17H2,1-4H3,(H2,30,31)(H,32,37)/t18-,26?;18-,26+/m00/s1. The van der Waals surface area contributed by atoms with Crippen LogP contribution in [0, 0.1) is 25.7 Å². The molecule has 8 heterocycles. The highest BCUT2D eigenvalue weighted by atomic mass is 16.2. The first-order valence-corrected chi connectivity index (χ1v) is 27.6. The second-order valence-electron chi connectivity index (χ2n) is 22.1. The predicted molar refractivity (Wildman–Crippen MR) is 299 cm³/mol. The summed E-state index contributed by atoms with van der Waals surface area (Å²) in [6.07, 6.45) is 12.4. The molecule has 18 heteroatoms. The van der Waals surface area contributed by atoms with Gasteiger partial charge in [-0.05, 0) is 177 Å². The minimum absolute atomic E-state index is 0.168. The Labute approximate surface area is 446 Å². The maximum atomic E-state index is 13.5. The monoisotopic (exact) mass is 1030 g/mol. The summed E-state index contributed by atoms with van der Waals surface area (Å²) in [4.78, 5) is 69.5. The molecule has 4 aliphatic heterocycles. The number of pyridine rings is 2. The fourth-order valence-corrected chi connectivity index (χ4v) is 11.9. The lowest BCUT2D eigenvalue weighted by molar-refractivity contribution is -0.146. The number of aryl methyl sites for hydroxylation is 4. The van der Waals surface area contributed by atoms with E-state index in [1.165, 1.54) is 23.8 Å². The van der Waals surface area contributed by atoms with Crippen molar-refractivity contribution in [1.29, 1.82) is 0 Å². The van der Waals surface area contributed by atoms with Crippen molar-refractivity contribution < 1.29 is 19.2 Å². The Morgan fingerprint density at radius 2 is 0.947 bits per heavy atom. The predicted octanol–water partition coefficient (Wildman–Crippen LogP) is 8.18. The van der Waals surface area contributed by atoms with Gasteiger partial charge in [-0.25, -0.2) is 9.97 Å². The van der Waals surface area contributed by atoms with Crippen molar-refractivity contribution >= 4 is 68.4 Å². The van der Waals surface area contributed by atoms with Crippen LogP contribution in [-0.2, 0) is 32.0 Å². The zero-order valence-electron chi connectivity index (χ0n) is 45.8. The largest absolute Gasteiger partial charge is 0.383 e.